The molecule has 0 aliphatic heterocycles. The first-order valence-electron chi connectivity index (χ1n) is 5.46. The van der Waals surface area contributed by atoms with Crippen molar-refractivity contribution in [2.24, 2.45) is 0 Å². The second kappa shape index (κ2) is 4.40. The van der Waals surface area contributed by atoms with E-state index in [9.17, 15) is 5.26 Å². The normalized spacial score (nSPS) is 15.2. The highest BCUT2D eigenvalue weighted by Gasteiger charge is 2.34. The van der Waals surface area contributed by atoms with Crippen LogP contribution in [0, 0.1) is 18.3 Å². The third-order valence-electron chi connectivity index (χ3n) is 2.38. The summed E-state index contributed by atoms with van der Waals surface area (Å²) in [5.74, 6) is 0. The Kier molecular flexibility index (Phi) is 3.56. The van der Waals surface area contributed by atoms with Gasteiger partial charge in [-0.1, -0.05) is 24.3 Å². The third-order valence-corrected chi connectivity index (χ3v) is 3.40. The number of hydrogen-bond donors (Lipinski definition) is 0. The first-order valence-corrected chi connectivity index (χ1v) is 8.87. The van der Waals surface area contributed by atoms with Gasteiger partial charge in [-0.15, -0.1) is 0 Å². The molecule has 16 heavy (non-hydrogen) atoms. The molecule has 0 fully saturated rings. The molecule has 1 atom stereocenters. The second-order valence-electron chi connectivity index (χ2n) is 5.17. The summed E-state index contributed by atoms with van der Waals surface area (Å²) < 4.78 is 6.02. The van der Waals surface area contributed by atoms with Crippen LogP contribution in [0.5, 0.6) is 0 Å². The van der Waals surface area contributed by atoms with E-state index in [0.29, 0.717) is 0 Å². The highest BCUT2D eigenvalue weighted by Crippen LogP contribution is 2.30. The molecule has 0 aliphatic carbocycles. The van der Waals surface area contributed by atoms with Crippen LogP contribution in [0.3, 0.4) is 0 Å². The molecule has 0 saturated heterocycles. The van der Waals surface area contributed by atoms with Crippen molar-refractivity contribution >= 4 is 8.32 Å². The van der Waals surface area contributed by atoms with E-state index in [-0.39, 0.29) is 0 Å². The summed E-state index contributed by atoms with van der Waals surface area (Å²) in [4.78, 5) is 0. The Morgan fingerprint density at radius 1 is 1.25 bits per heavy atom. The summed E-state index contributed by atoms with van der Waals surface area (Å²) in [6.45, 7) is 10.2. The Hall–Kier alpha value is -1.11. The van der Waals surface area contributed by atoms with Gasteiger partial charge in [0.1, 0.15) is 6.07 Å². The minimum absolute atomic E-state index is 0.824. The highest BCUT2D eigenvalue weighted by atomic mass is 28.4. The zero-order valence-electron chi connectivity index (χ0n) is 10.7. The lowest BCUT2D eigenvalue weighted by Gasteiger charge is -2.31. The molecule has 0 amide bonds. The summed E-state index contributed by atoms with van der Waals surface area (Å²) >= 11 is 0. The molecule has 0 unspecified atom stereocenters. The molecule has 1 aromatic rings. The third kappa shape index (κ3) is 2.94. The molecule has 3 heteroatoms. The zero-order valence-corrected chi connectivity index (χ0v) is 11.7. The van der Waals surface area contributed by atoms with E-state index >= 15 is 0 Å². The van der Waals surface area contributed by atoms with E-state index in [4.69, 9.17) is 4.43 Å². The number of nitriles is 1. The van der Waals surface area contributed by atoms with Gasteiger partial charge in [-0.2, -0.15) is 5.26 Å². The number of rotatable bonds is 3. The van der Waals surface area contributed by atoms with Gasteiger partial charge in [0.25, 0.3) is 0 Å². The van der Waals surface area contributed by atoms with Gasteiger partial charge in [0.05, 0.1) is 0 Å². The fourth-order valence-electron chi connectivity index (χ4n) is 1.86. The van der Waals surface area contributed by atoms with Gasteiger partial charge >= 0.3 is 0 Å². The quantitative estimate of drug-likeness (QED) is 0.747. The van der Waals surface area contributed by atoms with Crippen molar-refractivity contribution < 1.29 is 4.43 Å². The van der Waals surface area contributed by atoms with Crippen molar-refractivity contribution in [1.82, 2.24) is 0 Å². The molecule has 0 spiro atoms. The lowest BCUT2D eigenvalue weighted by atomic mass is 9.94. The first-order chi connectivity index (χ1) is 7.28. The van der Waals surface area contributed by atoms with Crippen molar-refractivity contribution in [1.29, 1.82) is 5.26 Å². The zero-order chi connectivity index (χ0) is 12.4. The molecule has 0 radical (unpaired) electrons. The van der Waals surface area contributed by atoms with Gasteiger partial charge in [0.15, 0.2) is 13.9 Å². The van der Waals surface area contributed by atoms with E-state index in [2.05, 4.69) is 25.7 Å². The summed E-state index contributed by atoms with van der Waals surface area (Å²) in [6.07, 6.45) is 0. The van der Waals surface area contributed by atoms with E-state index in [1.165, 1.54) is 0 Å². The van der Waals surface area contributed by atoms with Crippen LogP contribution in [0.1, 0.15) is 18.1 Å². The maximum Gasteiger partial charge on any atom is 0.186 e. The minimum Gasteiger partial charge on any atom is -0.397 e. The summed E-state index contributed by atoms with van der Waals surface area (Å²) in [6, 6.07) is 10.2. The molecule has 0 N–H and O–H groups in total. The molecule has 0 bridgehead atoms. The van der Waals surface area contributed by atoms with E-state index in [1.54, 1.807) is 0 Å². The van der Waals surface area contributed by atoms with E-state index < -0.39 is 13.9 Å². The molecule has 0 aliphatic rings. The molecular weight excluding hydrogens is 214 g/mol. The number of benzene rings is 1. The van der Waals surface area contributed by atoms with Crippen LogP contribution in [-0.2, 0) is 10.0 Å². The smallest absolute Gasteiger partial charge is 0.186 e. The number of nitrogens with zero attached hydrogens (tertiary/aromatic N) is 1. The number of hydrogen-bond acceptors (Lipinski definition) is 2. The monoisotopic (exact) mass is 233 g/mol. The van der Waals surface area contributed by atoms with E-state index in [1.807, 2.05) is 38.1 Å². The molecule has 86 valence electrons. The lowest BCUT2D eigenvalue weighted by Crippen LogP contribution is -2.38. The minimum atomic E-state index is -1.74. The molecular formula is C13H19NOSi. The Labute approximate surface area is 99.0 Å². The van der Waals surface area contributed by atoms with Crippen LogP contribution in [-0.4, -0.2) is 8.32 Å². The second-order valence-corrected chi connectivity index (χ2v) is 9.60. The largest absolute Gasteiger partial charge is 0.397 e. The Balaban J connectivity index is 3.17. The first kappa shape index (κ1) is 13.0. The molecule has 1 rings (SSSR count). The van der Waals surface area contributed by atoms with Crippen molar-refractivity contribution in [3.05, 3.63) is 35.4 Å². The maximum absolute atomic E-state index is 9.37. The average molecular weight is 233 g/mol. The standard InChI is InChI=1S/C13H19NOSi/c1-11-8-6-7-9-12(11)13(2,10-14)15-16(3,4)5/h6-9H,1-5H3/t13-/m1/s1. The summed E-state index contributed by atoms with van der Waals surface area (Å²) in [5, 5.41) is 9.37. The SMILES string of the molecule is Cc1ccccc1[C@@](C)(C#N)O[Si](C)(C)C. The van der Waals surface area contributed by atoms with Crippen molar-refractivity contribution in [3.8, 4) is 6.07 Å². The summed E-state index contributed by atoms with van der Waals surface area (Å²) in [7, 11) is -1.74. The van der Waals surface area contributed by atoms with Gasteiger partial charge in [-0.3, -0.25) is 0 Å². The summed E-state index contributed by atoms with van der Waals surface area (Å²) in [5.41, 5.74) is 1.25. The van der Waals surface area contributed by atoms with E-state index in [0.717, 1.165) is 11.1 Å². The number of aryl methyl sites for hydroxylation is 1. The van der Waals surface area contributed by atoms with Crippen molar-refractivity contribution in [2.75, 3.05) is 0 Å². The predicted octanol–water partition coefficient (Wildman–Crippen LogP) is 3.59. The van der Waals surface area contributed by atoms with Gasteiger partial charge in [-0.05, 0) is 44.6 Å². The molecule has 0 saturated carbocycles. The van der Waals surface area contributed by atoms with Gasteiger partial charge in [0.2, 0.25) is 0 Å². The topological polar surface area (TPSA) is 33.0 Å². The fraction of sp³-hybridized carbons (Fsp3) is 0.462. The van der Waals surface area contributed by atoms with Crippen LogP contribution >= 0.6 is 0 Å². The van der Waals surface area contributed by atoms with Gasteiger partial charge in [0, 0.05) is 0 Å². The van der Waals surface area contributed by atoms with Crippen LogP contribution in [0.4, 0.5) is 0 Å². The maximum atomic E-state index is 9.37. The van der Waals surface area contributed by atoms with Crippen LogP contribution in [0.25, 0.3) is 0 Å². The Bertz CT molecular complexity index is 417. The van der Waals surface area contributed by atoms with Crippen LogP contribution < -0.4 is 0 Å². The fourth-order valence-corrected chi connectivity index (χ4v) is 3.24. The highest BCUT2D eigenvalue weighted by molar-refractivity contribution is 6.69. The Morgan fingerprint density at radius 3 is 2.25 bits per heavy atom. The molecule has 1 aromatic carbocycles. The van der Waals surface area contributed by atoms with Gasteiger partial charge < -0.3 is 4.43 Å². The molecule has 0 aromatic heterocycles. The average Bonchev–Trinajstić information content (AvgIpc) is 2.15. The van der Waals surface area contributed by atoms with Crippen LogP contribution in [0.2, 0.25) is 19.6 Å². The van der Waals surface area contributed by atoms with Crippen LogP contribution in [0.15, 0.2) is 24.3 Å². The van der Waals surface area contributed by atoms with Crippen molar-refractivity contribution in [3.63, 3.8) is 0 Å². The predicted molar refractivity (Wildman–Crippen MR) is 68.6 cm³/mol. The molecule has 0 heterocycles. The lowest BCUT2D eigenvalue weighted by molar-refractivity contribution is 0.140. The van der Waals surface area contributed by atoms with Gasteiger partial charge in [-0.25, -0.2) is 0 Å². The van der Waals surface area contributed by atoms with Crippen molar-refractivity contribution in [2.45, 2.75) is 39.1 Å². The Morgan fingerprint density at radius 2 is 1.81 bits per heavy atom. The molecule has 2 nitrogen and oxygen atoms in total.